The fourth-order valence-electron chi connectivity index (χ4n) is 3.05. The number of hydrogen-bond donors (Lipinski definition) is 1. The largest absolute Gasteiger partial charge is 0.496 e. The van der Waals surface area contributed by atoms with Crippen molar-refractivity contribution < 1.29 is 14.3 Å². The molecule has 0 radical (unpaired) electrons. The Bertz CT molecular complexity index is 786. The van der Waals surface area contributed by atoms with Crippen molar-refractivity contribution in [1.82, 2.24) is 5.32 Å². The molecular formula is C21H25NO3. The highest BCUT2D eigenvalue weighted by Crippen LogP contribution is 2.21. The highest BCUT2D eigenvalue weighted by molar-refractivity contribution is 5.94. The molecule has 0 aliphatic heterocycles. The third kappa shape index (κ3) is 4.69. The van der Waals surface area contributed by atoms with Crippen molar-refractivity contribution in [2.45, 2.75) is 40.7 Å². The number of ketones is 1. The van der Waals surface area contributed by atoms with E-state index in [2.05, 4.69) is 38.2 Å². The molecule has 132 valence electrons. The molecule has 4 nitrogen and oxygen atoms in total. The highest BCUT2D eigenvalue weighted by Gasteiger charge is 2.12. The van der Waals surface area contributed by atoms with E-state index < -0.39 is 0 Å². The first-order chi connectivity index (χ1) is 11.8. The summed E-state index contributed by atoms with van der Waals surface area (Å²) in [5, 5.41) is 2.97. The zero-order valence-electron chi connectivity index (χ0n) is 15.5. The lowest BCUT2D eigenvalue weighted by molar-refractivity contribution is -0.120. The lowest BCUT2D eigenvalue weighted by atomic mass is 9.99. The van der Waals surface area contributed by atoms with Crippen molar-refractivity contribution >= 4 is 11.7 Å². The fourth-order valence-corrected chi connectivity index (χ4v) is 3.05. The maximum Gasteiger partial charge on any atom is 0.224 e. The fraction of sp³-hybridized carbons (Fsp3) is 0.333. The summed E-state index contributed by atoms with van der Waals surface area (Å²) in [7, 11) is 1.56. The summed E-state index contributed by atoms with van der Waals surface area (Å²) in [6.07, 6.45) is 0.175. The van der Waals surface area contributed by atoms with Crippen molar-refractivity contribution in [3.63, 3.8) is 0 Å². The molecule has 0 atom stereocenters. The van der Waals surface area contributed by atoms with Crippen molar-refractivity contribution in [2.75, 3.05) is 7.11 Å². The summed E-state index contributed by atoms with van der Waals surface area (Å²) < 4.78 is 5.30. The lowest BCUT2D eigenvalue weighted by Crippen LogP contribution is -2.25. The lowest BCUT2D eigenvalue weighted by Gasteiger charge is -2.13. The van der Waals surface area contributed by atoms with Gasteiger partial charge in [-0.3, -0.25) is 9.59 Å². The number of rotatable bonds is 6. The van der Waals surface area contributed by atoms with Crippen LogP contribution in [0.2, 0.25) is 0 Å². The minimum absolute atomic E-state index is 0.0322. The van der Waals surface area contributed by atoms with Crippen LogP contribution in [-0.2, 0) is 17.8 Å². The van der Waals surface area contributed by atoms with E-state index in [9.17, 15) is 9.59 Å². The van der Waals surface area contributed by atoms with E-state index in [0.717, 1.165) is 5.56 Å². The average Bonchev–Trinajstić information content (AvgIpc) is 2.53. The molecule has 1 N–H and O–H groups in total. The van der Waals surface area contributed by atoms with Crippen LogP contribution >= 0.6 is 0 Å². The zero-order chi connectivity index (χ0) is 18.6. The molecule has 0 unspecified atom stereocenters. The summed E-state index contributed by atoms with van der Waals surface area (Å²) in [6, 6.07) is 9.40. The van der Waals surface area contributed by atoms with Crippen molar-refractivity contribution in [1.29, 1.82) is 0 Å². The molecule has 0 bridgehead atoms. The van der Waals surface area contributed by atoms with Gasteiger partial charge in [0.15, 0.2) is 5.78 Å². The number of benzene rings is 2. The predicted molar refractivity (Wildman–Crippen MR) is 99.2 cm³/mol. The number of carbonyl (C=O) groups is 2. The molecule has 0 aliphatic rings. The van der Waals surface area contributed by atoms with Gasteiger partial charge in [0.05, 0.1) is 13.5 Å². The molecule has 0 aromatic heterocycles. The van der Waals surface area contributed by atoms with E-state index in [0.29, 0.717) is 23.4 Å². The number of hydrogen-bond acceptors (Lipinski definition) is 3. The van der Waals surface area contributed by atoms with Gasteiger partial charge in [-0.2, -0.15) is 0 Å². The van der Waals surface area contributed by atoms with Crippen LogP contribution < -0.4 is 10.1 Å². The number of nitrogens with one attached hydrogen (secondary N) is 1. The summed E-state index contributed by atoms with van der Waals surface area (Å²) in [5.74, 6) is 0.483. The topological polar surface area (TPSA) is 55.4 Å². The van der Waals surface area contributed by atoms with Crippen LogP contribution in [-0.4, -0.2) is 18.8 Å². The molecule has 0 saturated heterocycles. The number of aryl methyl sites for hydroxylation is 3. The Morgan fingerprint density at radius 3 is 2.24 bits per heavy atom. The summed E-state index contributed by atoms with van der Waals surface area (Å²) in [5.41, 5.74) is 6.00. The molecule has 0 spiro atoms. The first kappa shape index (κ1) is 18.7. The number of ether oxygens (including phenoxy) is 1. The molecule has 2 rings (SSSR count). The van der Waals surface area contributed by atoms with Crippen LogP contribution in [0.5, 0.6) is 5.75 Å². The van der Waals surface area contributed by atoms with Gasteiger partial charge in [0.25, 0.3) is 0 Å². The predicted octanol–water partition coefficient (Wildman–Crippen LogP) is 3.68. The number of methoxy groups -OCH3 is 1. The Morgan fingerprint density at radius 1 is 1.04 bits per heavy atom. The number of amides is 1. The molecule has 2 aromatic carbocycles. The second-order valence-electron chi connectivity index (χ2n) is 6.41. The maximum atomic E-state index is 12.4. The average molecular weight is 339 g/mol. The third-order valence-corrected chi connectivity index (χ3v) is 4.34. The quantitative estimate of drug-likeness (QED) is 0.817. The maximum absolute atomic E-state index is 12.4. The van der Waals surface area contributed by atoms with E-state index in [1.54, 1.807) is 25.3 Å². The van der Waals surface area contributed by atoms with E-state index in [1.165, 1.54) is 23.6 Å². The minimum Gasteiger partial charge on any atom is -0.496 e. The van der Waals surface area contributed by atoms with Crippen LogP contribution in [0.25, 0.3) is 0 Å². The summed E-state index contributed by atoms with van der Waals surface area (Å²) in [4.78, 5) is 23.9. The van der Waals surface area contributed by atoms with Gasteiger partial charge < -0.3 is 10.1 Å². The van der Waals surface area contributed by atoms with Gasteiger partial charge in [0.2, 0.25) is 5.91 Å². The number of carbonyl (C=O) groups excluding carboxylic acids is 2. The van der Waals surface area contributed by atoms with Gasteiger partial charge in [-0.15, -0.1) is 0 Å². The van der Waals surface area contributed by atoms with Crippen LogP contribution in [0.4, 0.5) is 0 Å². The normalized spacial score (nSPS) is 10.4. The van der Waals surface area contributed by atoms with Crippen LogP contribution in [0, 0.1) is 20.8 Å². The second-order valence-corrected chi connectivity index (χ2v) is 6.41. The Balaban J connectivity index is 2.11. The van der Waals surface area contributed by atoms with Gasteiger partial charge in [0.1, 0.15) is 5.75 Å². The zero-order valence-corrected chi connectivity index (χ0v) is 15.5. The Labute approximate surface area is 149 Å². The molecule has 25 heavy (non-hydrogen) atoms. The van der Waals surface area contributed by atoms with Gasteiger partial charge in [0, 0.05) is 17.7 Å². The van der Waals surface area contributed by atoms with Crippen LogP contribution in [0.3, 0.4) is 0 Å². The number of Topliss-reactive ketones (excluding diaryl/α,β-unsaturated/α-hetero) is 1. The molecule has 2 aromatic rings. The monoisotopic (exact) mass is 339 g/mol. The van der Waals surface area contributed by atoms with E-state index in [4.69, 9.17) is 4.74 Å². The molecule has 1 amide bonds. The first-order valence-electron chi connectivity index (χ1n) is 8.33. The Kier molecular flexibility index (Phi) is 5.97. The second kappa shape index (κ2) is 7.97. The van der Waals surface area contributed by atoms with E-state index in [-0.39, 0.29) is 18.1 Å². The summed E-state index contributed by atoms with van der Waals surface area (Å²) >= 11 is 0. The molecule has 0 fully saturated rings. The minimum atomic E-state index is -0.0987. The third-order valence-electron chi connectivity index (χ3n) is 4.34. The van der Waals surface area contributed by atoms with Gasteiger partial charge in [-0.05, 0) is 62.6 Å². The van der Waals surface area contributed by atoms with E-state index in [1.807, 2.05) is 0 Å². The SMILES string of the molecule is COc1ccc(C(C)=O)cc1CC(=O)NCc1c(C)cc(C)cc1C. The van der Waals surface area contributed by atoms with Crippen LogP contribution in [0.1, 0.15) is 45.1 Å². The molecule has 0 aliphatic carbocycles. The molecule has 0 saturated carbocycles. The molecule has 4 heteroatoms. The molecule has 0 heterocycles. The van der Waals surface area contributed by atoms with E-state index >= 15 is 0 Å². The van der Waals surface area contributed by atoms with Gasteiger partial charge in [-0.1, -0.05) is 17.7 Å². The standard InChI is InChI=1S/C21H25NO3/c1-13-8-14(2)19(15(3)9-13)12-22-21(24)11-18-10-17(16(4)23)6-7-20(18)25-5/h6-10H,11-12H2,1-5H3,(H,22,24). The smallest absolute Gasteiger partial charge is 0.224 e. The van der Waals surface area contributed by atoms with Gasteiger partial charge in [-0.25, -0.2) is 0 Å². The molecular weight excluding hydrogens is 314 g/mol. The first-order valence-corrected chi connectivity index (χ1v) is 8.33. The van der Waals surface area contributed by atoms with Gasteiger partial charge >= 0.3 is 0 Å². The van der Waals surface area contributed by atoms with Crippen LogP contribution in [0.15, 0.2) is 30.3 Å². The Hall–Kier alpha value is -2.62. The summed E-state index contributed by atoms with van der Waals surface area (Å²) in [6.45, 7) is 8.18. The van der Waals surface area contributed by atoms with Crippen molar-refractivity contribution in [3.05, 3.63) is 63.7 Å². The highest BCUT2D eigenvalue weighted by atomic mass is 16.5. The Morgan fingerprint density at radius 2 is 1.68 bits per heavy atom. The van der Waals surface area contributed by atoms with Crippen molar-refractivity contribution in [2.24, 2.45) is 0 Å². The van der Waals surface area contributed by atoms with Crippen molar-refractivity contribution in [3.8, 4) is 5.75 Å².